The zero-order valence-corrected chi connectivity index (χ0v) is 5.07. The van der Waals surface area contributed by atoms with Crippen molar-refractivity contribution in [1.82, 2.24) is 0 Å². The SMILES string of the molecule is [O-]c1ccc(NOO)cc1. The summed E-state index contributed by atoms with van der Waals surface area (Å²) in [7, 11) is 0. The Morgan fingerprint density at radius 2 is 1.90 bits per heavy atom. The van der Waals surface area contributed by atoms with Gasteiger partial charge in [-0.2, -0.15) is 0 Å². The molecule has 1 rings (SSSR count). The average molecular weight is 140 g/mol. The van der Waals surface area contributed by atoms with Crippen LogP contribution in [0, 0.1) is 0 Å². The van der Waals surface area contributed by atoms with Gasteiger partial charge in [0.05, 0.1) is 5.69 Å². The van der Waals surface area contributed by atoms with Crippen LogP contribution in [-0.2, 0) is 4.99 Å². The molecule has 54 valence electrons. The van der Waals surface area contributed by atoms with Gasteiger partial charge in [0.2, 0.25) is 0 Å². The lowest BCUT2D eigenvalue weighted by Gasteiger charge is -2.05. The molecule has 0 heterocycles. The van der Waals surface area contributed by atoms with Crippen molar-refractivity contribution in [3.05, 3.63) is 24.3 Å². The number of hydrogen-bond donors (Lipinski definition) is 2. The minimum Gasteiger partial charge on any atom is -0.872 e. The van der Waals surface area contributed by atoms with Crippen LogP contribution >= 0.6 is 0 Å². The fourth-order valence-corrected chi connectivity index (χ4v) is 0.576. The average Bonchev–Trinajstić information content (AvgIpc) is 1.95. The van der Waals surface area contributed by atoms with Crippen molar-refractivity contribution in [3.63, 3.8) is 0 Å². The fourth-order valence-electron chi connectivity index (χ4n) is 0.576. The summed E-state index contributed by atoms with van der Waals surface area (Å²) in [6.45, 7) is 0. The Hall–Kier alpha value is -1.26. The summed E-state index contributed by atoms with van der Waals surface area (Å²) in [6.07, 6.45) is 0. The van der Waals surface area contributed by atoms with Crippen LogP contribution in [0.5, 0.6) is 5.75 Å². The van der Waals surface area contributed by atoms with Gasteiger partial charge in [-0.25, -0.2) is 10.7 Å². The second-order valence-corrected chi connectivity index (χ2v) is 1.72. The van der Waals surface area contributed by atoms with E-state index in [2.05, 4.69) is 10.5 Å². The van der Waals surface area contributed by atoms with E-state index in [1.54, 1.807) is 0 Å². The Kier molecular flexibility index (Phi) is 2.09. The van der Waals surface area contributed by atoms with Gasteiger partial charge in [0, 0.05) is 0 Å². The van der Waals surface area contributed by atoms with Gasteiger partial charge in [-0.3, -0.25) is 0 Å². The summed E-state index contributed by atoms with van der Waals surface area (Å²) in [5.41, 5.74) is 2.68. The van der Waals surface area contributed by atoms with Gasteiger partial charge in [0.1, 0.15) is 0 Å². The highest BCUT2D eigenvalue weighted by Crippen LogP contribution is 2.10. The Labute approximate surface area is 57.6 Å². The Balaban J connectivity index is 2.69. The first-order valence-corrected chi connectivity index (χ1v) is 2.66. The van der Waals surface area contributed by atoms with Crippen LogP contribution in [0.25, 0.3) is 0 Å². The summed E-state index contributed by atoms with van der Waals surface area (Å²) >= 11 is 0. The number of benzene rings is 1. The van der Waals surface area contributed by atoms with Gasteiger partial charge < -0.3 is 5.11 Å². The summed E-state index contributed by atoms with van der Waals surface area (Å²) < 4.78 is 0. The third kappa shape index (κ3) is 1.61. The lowest BCUT2D eigenvalue weighted by atomic mass is 10.3. The number of anilines is 1. The topological polar surface area (TPSA) is 64.5 Å². The van der Waals surface area contributed by atoms with Gasteiger partial charge >= 0.3 is 0 Å². The van der Waals surface area contributed by atoms with Crippen molar-refractivity contribution in [1.29, 1.82) is 0 Å². The molecule has 0 aliphatic carbocycles. The van der Waals surface area contributed by atoms with E-state index in [9.17, 15) is 5.11 Å². The molecule has 0 radical (unpaired) electrons. The Bertz CT molecular complexity index is 197. The van der Waals surface area contributed by atoms with E-state index in [0.717, 1.165) is 0 Å². The Morgan fingerprint density at radius 1 is 1.30 bits per heavy atom. The molecule has 0 amide bonds. The zero-order valence-electron chi connectivity index (χ0n) is 5.07. The van der Waals surface area contributed by atoms with E-state index in [0.29, 0.717) is 5.69 Å². The molecule has 10 heavy (non-hydrogen) atoms. The molecule has 0 saturated heterocycles. The standard InChI is InChI=1S/C6H7NO3/c8-6-3-1-5(2-4-6)7-10-9/h1-4,7-9H/p-1. The smallest absolute Gasteiger partial charge is 0.0634 e. The molecule has 0 aromatic heterocycles. The molecule has 2 N–H and O–H groups in total. The molecular weight excluding hydrogens is 134 g/mol. The highest BCUT2D eigenvalue weighted by atomic mass is 17.2. The predicted molar refractivity (Wildman–Crippen MR) is 33.2 cm³/mol. The van der Waals surface area contributed by atoms with Gasteiger partial charge in [0.15, 0.2) is 0 Å². The molecule has 0 spiro atoms. The van der Waals surface area contributed by atoms with Crippen LogP contribution in [0.15, 0.2) is 24.3 Å². The minimum absolute atomic E-state index is 0.0801. The van der Waals surface area contributed by atoms with Crippen molar-refractivity contribution >= 4 is 5.69 Å². The molecule has 0 atom stereocenters. The molecule has 0 aliphatic rings. The van der Waals surface area contributed by atoms with Crippen LogP contribution in [-0.4, -0.2) is 5.26 Å². The molecular formula is C6H6NO3-. The maximum absolute atomic E-state index is 10.5. The predicted octanol–water partition coefficient (Wildman–Crippen LogP) is 0.577. The highest BCUT2D eigenvalue weighted by Gasteiger charge is 1.85. The van der Waals surface area contributed by atoms with Crippen molar-refractivity contribution in [2.45, 2.75) is 0 Å². The normalized spacial score (nSPS) is 9.30. The molecule has 1 aromatic rings. The molecule has 0 fully saturated rings. The highest BCUT2D eigenvalue weighted by molar-refractivity contribution is 5.43. The van der Waals surface area contributed by atoms with E-state index in [1.165, 1.54) is 24.3 Å². The molecule has 0 aliphatic heterocycles. The van der Waals surface area contributed by atoms with E-state index in [4.69, 9.17) is 5.26 Å². The summed E-state index contributed by atoms with van der Waals surface area (Å²) in [6, 6.07) is 5.72. The van der Waals surface area contributed by atoms with Crippen LogP contribution in [0.2, 0.25) is 0 Å². The third-order valence-electron chi connectivity index (χ3n) is 1.02. The van der Waals surface area contributed by atoms with E-state index in [1.807, 2.05) is 0 Å². The third-order valence-corrected chi connectivity index (χ3v) is 1.02. The summed E-state index contributed by atoms with van der Waals surface area (Å²) in [5, 5.41) is 18.4. The second-order valence-electron chi connectivity index (χ2n) is 1.72. The van der Waals surface area contributed by atoms with Crippen molar-refractivity contribution in [2.24, 2.45) is 0 Å². The van der Waals surface area contributed by atoms with Gasteiger partial charge in [-0.1, -0.05) is 12.1 Å². The number of nitrogens with one attached hydrogen (secondary N) is 1. The van der Waals surface area contributed by atoms with Crippen LogP contribution < -0.4 is 10.6 Å². The van der Waals surface area contributed by atoms with Crippen LogP contribution in [0.1, 0.15) is 0 Å². The molecule has 0 saturated carbocycles. The molecule has 4 heteroatoms. The van der Waals surface area contributed by atoms with E-state index in [-0.39, 0.29) is 5.75 Å². The maximum Gasteiger partial charge on any atom is 0.0634 e. The van der Waals surface area contributed by atoms with Gasteiger partial charge in [0.25, 0.3) is 0 Å². The zero-order chi connectivity index (χ0) is 7.40. The van der Waals surface area contributed by atoms with E-state index < -0.39 is 0 Å². The quantitative estimate of drug-likeness (QED) is 0.465. The molecule has 0 bridgehead atoms. The van der Waals surface area contributed by atoms with Crippen LogP contribution in [0.4, 0.5) is 5.69 Å². The monoisotopic (exact) mass is 140 g/mol. The molecule has 4 nitrogen and oxygen atoms in total. The maximum atomic E-state index is 10.5. The van der Waals surface area contributed by atoms with Crippen LogP contribution in [0.3, 0.4) is 0 Å². The van der Waals surface area contributed by atoms with Gasteiger partial charge in [-0.15, -0.1) is 10.7 Å². The van der Waals surface area contributed by atoms with Crippen molar-refractivity contribution in [3.8, 4) is 5.75 Å². The largest absolute Gasteiger partial charge is 0.872 e. The minimum atomic E-state index is -0.0801. The lowest BCUT2D eigenvalue weighted by molar-refractivity contribution is -0.268. The number of rotatable bonds is 2. The first-order valence-electron chi connectivity index (χ1n) is 2.66. The second kappa shape index (κ2) is 3.05. The van der Waals surface area contributed by atoms with Crippen molar-refractivity contribution in [2.75, 3.05) is 5.48 Å². The molecule has 1 aromatic carbocycles. The first-order chi connectivity index (χ1) is 4.83. The van der Waals surface area contributed by atoms with E-state index >= 15 is 0 Å². The lowest BCUT2D eigenvalue weighted by Crippen LogP contribution is -1.96. The van der Waals surface area contributed by atoms with Crippen molar-refractivity contribution < 1.29 is 15.4 Å². The van der Waals surface area contributed by atoms with Gasteiger partial charge in [-0.05, 0) is 12.1 Å². The fraction of sp³-hybridized carbons (Fsp3) is 0. The Morgan fingerprint density at radius 3 is 2.40 bits per heavy atom. The first kappa shape index (κ1) is 6.85. The summed E-state index contributed by atoms with van der Waals surface area (Å²) in [5.74, 6) is -0.0801. The molecule has 0 unspecified atom stereocenters. The number of hydrogen-bond acceptors (Lipinski definition) is 4. The summed E-state index contributed by atoms with van der Waals surface area (Å²) in [4.78, 5) is 3.62.